The van der Waals surface area contributed by atoms with Crippen LogP contribution in [0.2, 0.25) is 5.02 Å². The first-order chi connectivity index (χ1) is 13.3. The molecule has 0 aliphatic rings. The van der Waals surface area contributed by atoms with Crippen LogP contribution in [0.3, 0.4) is 0 Å². The molecule has 3 aromatic rings. The number of phenolic OH excluding ortho intramolecular Hbond substituents is 1. The fourth-order valence-corrected chi connectivity index (χ4v) is 3.80. The number of carboxylic acid groups (broad SMARTS) is 1. The maximum Gasteiger partial charge on any atom is 0.357 e. The van der Waals surface area contributed by atoms with Gasteiger partial charge in [0.15, 0.2) is 5.69 Å². The summed E-state index contributed by atoms with van der Waals surface area (Å²) in [6, 6.07) is 12.4. The SMILES string of the molecule is Cc1nc(C(=O)O)c(NC(=O)CCc2ccc(-c3ccc(O)cc3Cl)cc2)s1. The molecule has 1 aromatic heterocycles. The Morgan fingerprint density at radius 1 is 1.18 bits per heavy atom. The summed E-state index contributed by atoms with van der Waals surface area (Å²) >= 11 is 7.30. The maximum absolute atomic E-state index is 12.2. The standard InChI is InChI=1S/C20H17ClN2O4S/c1-11-22-18(20(26)27)19(28-11)23-17(25)9-4-12-2-5-13(6-3-12)15-8-7-14(24)10-16(15)21/h2-3,5-8,10,24H,4,9H2,1H3,(H,23,25)(H,26,27). The Bertz CT molecular complexity index is 1030. The highest BCUT2D eigenvalue weighted by molar-refractivity contribution is 7.16. The Labute approximate surface area is 170 Å². The molecule has 0 saturated heterocycles. The van der Waals surface area contributed by atoms with Crippen LogP contribution in [0.25, 0.3) is 11.1 Å². The molecule has 0 aliphatic carbocycles. The van der Waals surface area contributed by atoms with Crippen LogP contribution in [0.1, 0.15) is 27.5 Å². The summed E-state index contributed by atoms with van der Waals surface area (Å²) in [5.74, 6) is -1.32. The number of nitrogens with zero attached hydrogens (tertiary/aromatic N) is 1. The molecule has 28 heavy (non-hydrogen) atoms. The van der Waals surface area contributed by atoms with Gasteiger partial charge in [-0.1, -0.05) is 35.9 Å². The van der Waals surface area contributed by atoms with E-state index in [0.29, 0.717) is 16.5 Å². The average molecular weight is 417 g/mol. The van der Waals surface area contributed by atoms with Gasteiger partial charge in [-0.25, -0.2) is 9.78 Å². The second kappa shape index (κ2) is 8.41. The fraction of sp³-hybridized carbons (Fsp3) is 0.150. The summed E-state index contributed by atoms with van der Waals surface area (Å²) < 4.78 is 0. The predicted octanol–water partition coefficient (Wildman–Crippen LogP) is 4.75. The van der Waals surface area contributed by atoms with Crippen LogP contribution < -0.4 is 5.32 Å². The third-order valence-electron chi connectivity index (χ3n) is 4.05. The van der Waals surface area contributed by atoms with Crippen LogP contribution in [0, 0.1) is 6.92 Å². The molecule has 0 bridgehead atoms. The van der Waals surface area contributed by atoms with Gasteiger partial charge < -0.3 is 15.5 Å². The third kappa shape index (κ3) is 4.68. The fourth-order valence-electron chi connectivity index (χ4n) is 2.69. The number of carbonyl (C=O) groups excluding carboxylic acids is 1. The van der Waals surface area contributed by atoms with Crippen LogP contribution in [0.15, 0.2) is 42.5 Å². The van der Waals surface area contributed by atoms with Gasteiger partial charge >= 0.3 is 5.97 Å². The molecule has 2 aromatic carbocycles. The quantitative estimate of drug-likeness (QED) is 0.538. The number of rotatable bonds is 6. The highest BCUT2D eigenvalue weighted by Crippen LogP contribution is 2.31. The molecule has 3 rings (SSSR count). The topological polar surface area (TPSA) is 99.5 Å². The Hall–Kier alpha value is -2.90. The van der Waals surface area contributed by atoms with Gasteiger partial charge in [0, 0.05) is 12.0 Å². The third-order valence-corrected chi connectivity index (χ3v) is 5.25. The number of carboxylic acids is 1. The van der Waals surface area contributed by atoms with Gasteiger partial charge in [0.05, 0.1) is 10.0 Å². The molecule has 0 saturated carbocycles. The van der Waals surface area contributed by atoms with Crippen LogP contribution in [-0.4, -0.2) is 27.1 Å². The van der Waals surface area contributed by atoms with Crippen molar-refractivity contribution in [2.24, 2.45) is 0 Å². The van der Waals surface area contributed by atoms with Crippen LogP contribution in [-0.2, 0) is 11.2 Å². The summed E-state index contributed by atoms with van der Waals surface area (Å²) in [7, 11) is 0. The number of aromatic carboxylic acids is 1. The van der Waals surface area contributed by atoms with E-state index in [9.17, 15) is 14.7 Å². The van der Waals surface area contributed by atoms with Gasteiger partial charge in [0.25, 0.3) is 0 Å². The van der Waals surface area contributed by atoms with Crippen LogP contribution in [0.4, 0.5) is 5.00 Å². The largest absolute Gasteiger partial charge is 0.508 e. The highest BCUT2D eigenvalue weighted by atomic mass is 35.5. The molecule has 0 atom stereocenters. The van der Waals surface area contributed by atoms with Crippen molar-refractivity contribution in [2.75, 3.05) is 5.32 Å². The summed E-state index contributed by atoms with van der Waals surface area (Å²) in [6.45, 7) is 1.69. The molecule has 3 N–H and O–H groups in total. The minimum Gasteiger partial charge on any atom is -0.508 e. The maximum atomic E-state index is 12.2. The number of hydrogen-bond acceptors (Lipinski definition) is 5. The van der Waals surface area contributed by atoms with Crippen molar-refractivity contribution < 1.29 is 19.8 Å². The normalized spacial score (nSPS) is 10.6. The van der Waals surface area contributed by atoms with E-state index in [1.165, 1.54) is 6.07 Å². The zero-order chi connectivity index (χ0) is 20.3. The zero-order valence-corrected chi connectivity index (χ0v) is 16.5. The van der Waals surface area contributed by atoms with E-state index < -0.39 is 5.97 Å². The zero-order valence-electron chi connectivity index (χ0n) is 14.9. The van der Waals surface area contributed by atoms with Crippen molar-refractivity contribution in [3.8, 4) is 16.9 Å². The van der Waals surface area contributed by atoms with Crippen molar-refractivity contribution in [2.45, 2.75) is 19.8 Å². The monoisotopic (exact) mass is 416 g/mol. The molecule has 1 heterocycles. The van der Waals surface area contributed by atoms with Gasteiger partial charge in [0.1, 0.15) is 10.8 Å². The molecular formula is C20H17ClN2O4S. The van der Waals surface area contributed by atoms with Gasteiger partial charge in [-0.3, -0.25) is 4.79 Å². The van der Waals surface area contributed by atoms with E-state index in [4.69, 9.17) is 16.7 Å². The van der Waals surface area contributed by atoms with Gasteiger partial charge in [0.2, 0.25) is 5.91 Å². The van der Waals surface area contributed by atoms with E-state index in [1.807, 2.05) is 24.3 Å². The first-order valence-electron chi connectivity index (χ1n) is 8.42. The minimum atomic E-state index is -1.16. The number of amides is 1. The van der Waals surface area contributed by atoms with E-state index in [2.05, 4.69) is 10.3 Å². The summed E-state index contributed by atoms with van der Waals surface area (Å²) in [4.78, 5) is 27.2. The predicted molar refractivity (Wildman–Crippen MR) is 109 cm³/mol. The van der Waals surface area contributed by atoms with Crippen molar-refractivity contribution in [1.82, 2.24) is 4.98 Å². The molecular weight excluding hydrogens is 400 g/mol. The summed E-state index contributed by atoms with van der Waals surface area (Å²) in [5, 5.41) is 22.5. The van der Waals surface area contributed by atoms with Gasteiger partial charge in [-0.2, -0.15) is 0 Å². The number of carbonyl (C=O) groups is 2. The van der Waals surface area contributed by atoms with Crippen molar-refractivity contribution in [1.29, 1.82) is 0 Å². The molecule has 8 heteroatoms. The number of nitrogens with one attached hydrogen (secondary N) is 1. The van der Waals surface area contributed by atoms with Crippen LogP contribution in [0.5, 0.6) is 5.75 Å². The number of phenols is 1. The van der Waals surface area contributed by atoms with Crippen molar-refractivity contribution >= 4 is 39.8 Å². The number of thiazole rings is 1. The molecule has 0 unspecified atom stereocenters. The van der Waals surface area contributed by atoms with Crippen molar-refractivity contribution in [3.63, 3.8) is 0 Å². The van der Waals surface area contributed by atoms with Crippen molar-refractivity contribution in [3.05, 3.63) is 63.8 Å². The van der Waals surface area contributed by atoms with Gasteiger partial charge in [-0.15, -0.1) is 11.3 Å². The van der Waals surface area contributed by atoms with Gasteiger partial charge in [-0.05, 0) is 42.7 Å². The number of aromatic nitrogens is 1. The molecule has 0 spiro atoms. The Balaban J connectivity index is 1.62. The lowest BCUT2D eigenvalue weighted by molar-refractivity contribution is -0.116. The second-order valence-electron chi connectivity index (χ2n) is 6.13. The average Bonchev–Trinajstić information content (AvgIpc) is 3.01. The second-order valence-corrected chi connectivity index (χ2v) is 7.74. The van der Waals surface area contributed by atoms with E-state index in [0.717, 1.165) is 28.0 Å². The van der Waals surface area contributed by atoms with Crippen LogP contribution >= 0.6 is 22.9 Å². The number of halogens is 1. The first-order valence-corrected chi connectivity index (χ1v) is 9.61. The summed E-state index contributed by atoms with van der Waals surface area (Å²) in [6.07, 6.45) is 0.727. The minimum absolute atomic E-state index is 0.110. The molecule has 144 valence electrons. The Morgan fingerprint density at radius 3 is 2.54 bits per heavy atom. The number of aromatic hydroxyl groups is 1. The molecule has 6 nitrogen and oxygen atoms in total. The summed E-state index contributed by atoms with van der Waals surface area (Å²) in [5.41, 5.74) is 2.55. The Kier molecular flexibility index (Phi) is 5.96. The lowest BCUT2D eigenvalue weighted by Gasteiger charge is -2.07. The number of hydrogen-bond donors (Lipinski definition) is 3. The lowest BCUT2D eigenvalue weighted by Crippen LogP contribution is -2.14. The Morgan fingerprint density at radius 2 is 1.89 bits per heavy atom. The highest BCUT2D eigenvalue weighted by Gasteiger charge is 2.17. The number of aryl methyl sites for hydroxylation is 2. The van der Waals surface area contributed by atoms with E-state index >= 15 is 0 Å². The lowest BCUT2D eigenvalue weighted by atomic mass is 10.0. The first kappa shape index (κ1) is 19.9. The number of anilines is 1. The molecule has 0 aliphatic heterocycles. The van der Waals surface area contributed by atoms with E-state index in [-0.39, 0.29) is 28.8 Å². The number of benzene rings is 2. The van der Waals surface area contributed by atoms with E-state index in [1.54, 1.807) is 19.1 Å². The molecule has 0 fully saturated rings. The smallest absolute Gasteiger partial charge is 0.357 e. The molecule has 1 amide bonds. The molecule has 0 radical (unpaired) electrons.